The lowest BCUT2D eigenvalue weighted by atomic mass is 10.2. The van der Waals surface area contributed by atoms with Gasteiger partial charge in [-0.3, -0.25) is 14.9 Å². The van der Waals surface area contributed by atoms with Gasteiger partial charge in [0.1, 0.15) is 11.6 Å². The van der Waals surface area contributed by atoms with Crippen LogP contribution in [0.25, 0.3) is 0 Å². The smallest absolute Gasteiger partial charge is 0.257 e. The van der Waals surface area contributed by atoms with Gasteiger partial charge in [-0.05, 0) is 18.2 Å². The number of hydrogen-bond donors (Lipinski definition) is 2. The maximum Gasteiger partial charge on any atom is 0.257 e. The number of nitrogens with zero attached hydrogens (tertiary/aromatic N) is 2. The summed E-state index contributed by atoms with van der Waals surface area (Å²) in [5, 5.41) is 14.1. The summed E-state index contributed by atoms with van der Waals surface area (Å²) in [6, 6.07) is 6.64. The van der Waals surface area contributed by atoms with Gasteiger partial charge >= 0.3 is 0 Å². The van der Waals surface area contributed by atoms with Crippen LogP contribution in [0.4, 0.5) is 10.8 Å². The lowest BCUT2D eigenvalue weighted by Gasteiger charge is -2.05. The predicted molar refractivity (Wildman–Crippen MR) is 79.3 cm³/mol. The molecule has 110 valence electrons. The van der Waals surface area contributed by atoms with Crippen molar-refractivity contribution in [2.75, 3.05) is 17.7 Å². The normalized spacial score (nSPS) is 10.2. The summed E-state index contributed by atoms with van der Waals surface area (Å²) in [6.07, 6.45) is 0. The molecule has 2 rings (SSSR count). The van der Waals surface area contributed by atoms with Crippen molar-refractivity contribution >= 4 is 34.0 Å². The average molecular weight is 306 g/mol. The number of benzene rings is 1. The van der Waals surface area contributed by atoms with E-state index in [9.17, 15) is 9.59 Å². The zero-order chi connectivity index (χ0) is 15.2. The van der Waals surface area contributed by atoms with Crippen LogP contribution in [-0.2, 0) is 16.1 Å². The van der Waals surface area contributed by atoms with Crippen LogP contribution in [0.15, 0.2) is 24.3 Å². The summed E-state index contributed by atoms with van der Waals surface area (Å²) in [4.78, 5) is 23.1. The Morgan fingerprint density at radius 2 is 2.10 bits per heavy atom. The molecule has 1 aromatic carbocycles. The average Bonchev–Trinajstić information content (AvgIpc) is 2.86. The monoisotopic (exact) mass is 306 g/mol. The number of methoxy groups -OCH3 is 1. The highest BCUT2D eigenvalue weighted by molar-refractivity contribution is 7.15. The first-order valence-electron chi connectivity index (χ1n) is 6.09. The van der Waals surface area contributed by atoms with E-state index in [1.54, 1.807) is 31.4 Å². The van der Waals surface area contributed by atoms with Gasteiger partial charge in [-0.1, -0.05) is 17.4 Å². The number of aromatic nitrogens is 2. The fraction of sp³-hybridized carbons (Fsp3) is 0.231. The molecular formula is C13H14N4O3S. The molecule has 0 atom stereocenters. The van der Waals surface area contributed by atoms with E-state index in [4.69, 9.17) is 4.74 Å². The molecule has 0 radical (unpaired) electrons. The second-order valence-electron chi connectivity index (χ2n) is 4.15. The Balaban J connectivity index is 2.06. The van der Waals surface area contributed by atoms with Gasteiger partial charge in [-0.25, -0.2) is 0 Å². The number of ether oxygens (including phenoxy) is 1. The molecule has 2 aromatic rings. The Labute approximate surface area is 125 Å². The molecule has 0 aliphatic carbocycles. The number of rotatable bonds is 5. The van der Waals surface area contributed by atoms with Crippen molar-refractivity contribution in [3.63, 3.8) is 0 Å². The molecule has 0 aliphatic heterocycles. The van der Waals surface area contributed by atoms with Gasteiger partial charge in [0.05, 0.1) is 0 Å². The van der Waals surface area contributed by atoms with Crippen LogP contribution in [0, 0.1) is 0 Å². The highest BCUT2D eigenvalue weighted by Gasteiger charge is 2.11. The molecule has 0 fully saturated rings. The van der Waals surface area contributed by atoms with Crippen molar-refractivity contribution in [2.24, 2.45) is 0 Å². The minimum Gasteiger partial charge on any atom is -0.377 e. The minimum absolute atomic E-state index is 0.194. The Morgan fingerprint density at radius 1 is 1.29 bits per heavy atom. The molecule has 0 aliphatic rings. The summed E-state index contributed by atoms with van der Waals surface area (Å²) >= 11 is 1.25. The van der Waals surface area contributed by atoms with Gasteiger partial charge in [-0.15, -0.1) is 10.2 Å². The molecule has 0 bridgehead atoms. The van der Waals surface area contributed by atoms with Crippen LogP contribution < -0.4 is 10.6 Å². The van der Waals surface area contributed by atoms with Gasteiger partial charge in [-0.2, -0.15) is 0 Å². The van der Waals surface area contributed by atoms with E-state index >= 15 is 0 Å². The molecule has 0 spiro atoms. The lowest BCUT2D eigenvalue weighted by Crippen LogP contribution is -2.13. The molecule has 8 heteroatoms. The number of hydrogen-bond acceptors (Lipinski definition) is 6. The zero-order valence-electron chi connectivity index (χ0n) is 11.5. The van der Waals surface area contributed by atoms with E-state index in [0.717, 1.165) is 0 Å². The van der Waals surface area contributed by atoms with Gasteiger partial charge in [0.2, 0.25) is 11.0 Å². The highest BCUT2D eigenvalue weighted by Crippen LogP contribution is 2.18. The largest absolute Gasteiger partial charge is 0.377 e. The molecule has 0 saturated carbocycles. The zero-order valence-corrected chi connectivity index (χ0v) is 12.4. The Kier molecular flexibility index (Phi) is 4.96. The molecule has 7 nitrogen and oxygen atoms in total. The topological polar surface area (TPSA) is 93.2 Å². The summed E-state index contributed by atoms with van der Waals surface area (Å²) < 4.78 is 4.94. The molecule has 1 heterocycles. The van der Waals surface area contributed by atoms with E-state index in [1.807, 2.05) is 0 Å². The SMILES string of the molecule is COCc1nnc(NC(=O)c2cccc(NC(C)=O)c2)s1. The molecular weight excluding hydrogens is 292 g/mol. The van der Waals surface area contributed by atoms with Crippen molar-refractivity contribution in [3.05, 3.63) is 34.8 Å². The van der Waals surface area contributed by atoms with E-state index in [0.29, 0.717) is 28.0 Å². The van der Waals surface area contributed by atoms with E-state index in [1.165, 1.54) is 18.3 Å². The Morgan fingerprint density at radius 3 is 2.81 bits per heavy atom. The maximum atomic E-state index is 12.1. The third-order valence-electron chi connectivity index (χ3n) is 2.40. The van der Waals surface area contributed by atoms with Crippen LogP contribution in [0.5, 0.6) is 0 Å². The van der Waals surface area contributed by atoms with Gasteiger partial charge in [0.25, 0.3) is 5.91 Å². The van der Waals surface area contributed by atoms with Crippen LogP contribution in [0.1, 0.15) is 22.3 Å². The first kappa shape index (κ1) is 15.1. The van der Waals surface area contributed by atoms with Crippen LogP contribution in [-0.4, -0.2) is 29.1 Å². The number of nitrogens with one attached hydrogen (secondary N) is 2. The number of amides is 2. The summed E-state index contributed by atoms with van der Waals surface area (Å²) in [5.74, 6) is -0.511. The van der Waals surface area contributed by atoms with Crippen LogP contribution in [0.3, 0.4) is 0 Å². The van der Waals surface area contributed by atoms with E-state index < -0.39 is 0 Å². The first-order valence-corrected chi connectivity index (χ1v) is 6.90. The summed E-state index contributed by atoms with van der Waals surface area (Å²) in [7, 11) is 1.56. The lowest BCUT2D eigenvalue weighted by molar-refractivity contribution is -0.114. The van der Waals surface area contributed by atoms with Crippen molar-refractivity contribution in [3.8, 4) is 0 Å². The number of carbonyl (C=O) groups excluding carboxylic acids is 2. The third-order valence-corrected chi connectivity index (χ3v) is 3.21. The molecule has 0 saturated heterocycles. The second-order valence-corrected chi connectivity index (χ2v) is 5.21. The maximum absolute atomic E-state index is 12.1. The van der Waals surface area contributed by atoms with Crippen molar-refractivity contribution in [1.82, 2.24) is 10.2 Å². The van der Waals surface area contributed by atoms with E-state index in [2.05, 4.69) is 20.8 Å². The first-order chi connectivity index (χ1) is 10.1. The van der Waals surface area contributed by atoms with Crippen LogP contribution >= 0.6 is 11.3 Å². The van der Waals surface area contributed by atoms with Gasteiger partial charge in [0, 0.05) is 25.3 Å². The molecule has 2 N–H and O–H groups in total. The predicted octanol–water partition coefficient (Wildman–Crippen LogP) is 1.90. The summed E-state index contributed by atoms with van der Waals surface area (Å²) in [5.41, 5.74) is 0.984. The van der Waals surface area contributed by atoms with Crippen molar-refractivity contribution in [2.45, 2.75) is 13.5 Å². The Bertz CT molecular complexity index is 656. The molecule has 21 heavy (non-hydrogen) atoms. The molecule has 2 amide bonds. The minimum atomic E-state index is -0.317. The summed E-state index contributed by atoms with van der Waals surface area (Å²) in [6.45, 7) is 1.76. The highest BCUT2D eigenvalue weighted by atomic mass is 32.1. The second kappa shape index (κ2) is 6.91. The fourth-order valence-corrected chi connectivity index (χ4v) is 2.30. The number of carbonyl (C=O) groups is 2. The van der Waals surface area contributed by atoms with E-state index in [-0.39, 0.29) is 11.8 Å². The van der Waals surface area contributed by atoms with Crippen molar-refractivity contribution < 1.29 is 14.3 Å². The van der Waals surface area contributed by atoms with Crippen molar-refractivity contribution in [1.29, 1.82) is 0 Å². The van der Waals surface area contributed by atoms with Gasteiger partial charge in [0.15, 0.2) is 0 Å². The molecule has 0 unspecified atom stereocenters. The molecule has 1 aromatic heterocycles. The van der Waals surface area contributed by atoms with Gasteiger partial charge < -0.3 is 10.1 Å². The fourth-order valence-electron chi connectivity index (χ4n) is 1.60. The standard InChI is InChI=1S/C13H14N4O3S/c1-8(18)14-10-5-3-4-9(6-10)12(19)15-13-17-16-11(21-13)7-20-2/h3-6H,7H2,1-2H3,(H,14,18)(H,15,17,19). The third kappa shape index (κ3) is 4.33. The Hall–Kier alpha value is -2.32. The quantitative estimate of drug-likeness (QED) is 0.880. The van der Waals surface area contributed by atoms with Crippen LogP contribution in [0.2, 0.25) is 0 Å². The number of anilines is 2.